The van der Waals surface area contributed by atoms with Crippen LogP contribution in [0.3, 0.4) is 0 Å². The molecule has 0 radical (unpaired) electrons. The lowest BCUT2D eigenvalue weighted by Gasteiger charge is -2.63. The molecular formula is C14H22O6. The minimum Gasteiger partial charge on any atom is -0.437 e. The van der Waals surface area contributed by atoms with E-state index in [1.165, 1.54) is 0 Å². The fourth-order valence-electron chi connectivity index (χ4n) is 5.10. The van der Waals surface area contributed by atoms with Crippen LogP contribution in [0.2, 0.25) is 0 Å². The number of aliphatic hydroxyl groups excluding tert-OH is 1. The molecule has 6 heteroatoms. The van der Waals surface area contributed by atoms with Crippen molar-refractivity contribution >= 4 is 5.97 Å². The molecule has 0 amide bonds. The van der Waals surface area contributed by atoms with Gasteiger partial charge in [-0.3, -0.25) is 0 Å². The monoisotopic (exact) mass is 286 g/mol. The summed E-state index contributed by atoms with van der Waals surface area (Å²) in [5, 5.41) is 29.7. The Morgan fingerprint density at radius 1 is 1.10 bits per heavy atom. The average Bonchev–Trinajstić information content (AvgIpc) is 2.29. The molecular weight excluding hydrogens is 264 g/mol. The standard InChI is InChI=1S/C14H22O6/c15-4-11(16)20-9-19-8-12-1-10-2-13(17,5-12)7-14(18,3-10)6-12/h10,15,17-18H,1-9H2. The van der Waals surface area contributed by atoms with E-state index in [4.69, 9.17) is 9.84 Å². The Morgan fingerprint density at radius 2 is 1.75 bits per heavy atom. The minimum absolute atomic E-state index is 0.192. The molecule has 4 fully saturated rings. The Bertz CT molecular complexity index is 390. The maximum Gasteiger partial charge on any atom is 0.333 e. The van der Waals surface area contributed by atoms with E-state index in [0.717, 1.165) is 19.3 Å². The Kier molecular flexibility index (Phi) is 3.32. The van der Waals surface area contributed by atoms with Crippen LogP contribution >= 0.6 is 0 Å². The Morgan fingerprint density at radius 3 is 2.30 bits per heavy atom. The van der Waals surface area contributed by atoms with Gasteiger partial charge in [0.15, 0.2) is 6.79 Å². The second-order valence-corrected chi connectivity index (χ2v) is 7.10. The van der Waals surface area contributed by atoms with Gasteiger partial charge in [-0.25, -0.2) is 4.79 Å². The molecule has 114 valence electrons. The molecule has 4 aliphatic rings. The number of esters is 1. The summed E-state index contributed by atoms with van der Waals surface area (Å²) in [5.74, 6) is -0.363. The van der Waals surface area contributed by atoms with Gasteiger partial charge in [-0.1, -0.05) is 0 Å². The smallest absolute Gasteiger partial charge is 0.333 e. The van der Waals surface area contributed by atoms with E-state index in [-0.39, 0.29) is 12.2 Å². The van der Waals surface area contributed by atoms with Crippen molar-refractivity contribution in [1.82, 2.24) is 0 Å². The van der Waals surface area contributed by atoms with E-state index in [1.807, 2.05) is 0 Å². The largest absolute Gasteiger partial charge is 0.437 e. The summed E-state index contributed by atoms with van der Waals surface area (Å²) in [6.07, 6.45) is 4.26. The highest BCUT2D eigenvalue weighted by Crippen LogP contribution is 2.63. The predicted octanol–water partition coefficient (Wildman–Crippen LogP) is -0.0578. The highest BCUT2D eigenvalue weighted by atomic mass is 16.7. The first-order valence-corrected chi connectivity index (χ1v) is 7.15. The molecule has 2 unspecified atom stereocenters. The average molecular weight is 286 g/mol. The van der Waals surface area contributed by atoms with Crippen molar-refractivity contribution in [2.75, 3.05) is 20.0 Å². The maximum atomic E-state index is 10.8. The number of ether oxygens (including phenoxy) is 2. The van der Waals surface area contributed by atoms with Crippen molar-refractivity contribution in [3.63, 3.8) is 0 Å². The lowest BCUT2D eigenvalue weighted by molar-refractivity contribution is -0.245. The van der Waals surface area contributed by atoms with Crippen LogP contribution in [0.25, 0.3) is 0 Å². The first-order valence-electron chi connectivity index (χ1n) is 7.15. The van der Waals surface area contributed by atoms with E-state index >= 15 is 0 Å². The Balaban J connectivity index is 1.60. The molecule has 0 aliphatic heterocycles. The third-order valence-electron chi connectivity index (χ3n) is 4.97. The molecule has 0 saturated heterocycles. The van der Waals surface area contributed by atoms with Crippen LogP contribution in [0, 0.1) is 11.3 Å². The van der Waals surface area contributed by atoms with Gasteiger partial charge in [-0.15, -0.1) is 0 Å². The molecule has 0 aromatic rings. The van der Waals surface area contributed by atoms with E-state index in [1.54, 1.807) is 0 Å². The van der Waals surface area contributed by atoms with Gasteiger partial charge in [-0.05, 0) is 43.4 Å². The summed E-state index contributed by atoms with van der Waals surface area (Å²) in [5.41, 5.74) is -1.74. The van der Waals surface area contributed by atoms with Crippen LogP contribution in [0.15, 0.2) is 0 Å². The zero-order chi connectivity index (χ0) is 14.4. The molecule has 0 aromatic carbocycles. The van der Waals surface area contributed by atoms with Gasteiger partial charge >= 0.3 is 5.97 Å². The van der Waals surface area contributed by atoms with Crippen molar-refractivity contribution < 1.29 is 29.6 Å². The Labute approximate surface area is 117 Å². The molecule has 0 aromatic heterocycles. The summed E-state index contributed by atoms with van der Waals surface area (Å²) < 4.78 is 10.1. The van der Waals surface area contributed by atoms with Crippen LogP contribution < -0.4 is 0 Å². The number of hydrogen-bond acceptors (Lipinski definition) is 6. The quantitative estimate of drug-likeness (QED) is 0.372. The molecule has 20 heavy (non-hydrogen) atoms. The highest BCUT2D eigenvalue weighted by molar-refractivity contribution is 5.70. The molecule has 0 spiro atoms. The van der Waals surface area contributed by atoms with Crippen molar-refractivity contribution in [2.24, 2.45) is 11.3 Å². The lowest BCUT2D eigenvalue weighted by Crippen LogP contribution is -2.64. The van der Waals surface area contributed by atoms with Crippen LogP contribution in [-0.4, -0.2) is 52.5 Å². The minimum atomic E-state index is -0.765. The van der Waals surface area contributed by atoms with E-state index in [2.05, 4.69) is 4.74 Å². The molecule has 6 nitrogen and oxygen atoms in total. The zero-order valence-electron chi connectivity index (χ0n) is 11.5. The topological polar surface area (TPSA) is 96.2 Å². The van der Waals surface area contributed by atoms with E-state index in [9.17, 15) is 15.0 Å². The fraction of sp³-hybridized carbons (Fsp3) is 0.929. The van der Waals surface area contributed by atoms with Gasteiger partial charge in [0.1, 0.15) is 6.61 Å². The first-order chi connectivity index (χ1) is 9.36. The summed E-state index contributed by atoms with van der Waals surface area (Å²) in [6, 6.07) is 0. The number of carbonyl (C=O) groups excluding carboxylic acids is 1. The SMILES string of the molecule is O=C(CO)OCOCC12CC3CC(O)(CC(O)(C3)C1)C2. The number of carbonyl (C=O) groups is 1. The molecule has 4 rings (SSSR count). The van der Waals surface area contributed by atoms with Gasteiger partial charge in [0.25, 0.3) is 0 Å². The summed E-state index contributed by atoms with van der Waals surface area (Å²) >= 11 is 0. The van der Waals surface area contributed by atoms with Crippen LogP contribution in [0.5, 0.6) is 0 Å². The highest BCUT2D eigenvalue weighted by Gasteiger charge is 2.62. The van der Waals surface area contributed by atoms with E-state index < -0.39 is 23.8 Å². The van der Waals surface area contributed by atoms with Crippen LogP contribution in [0.1, 0.15) is 38.5 Å². The van der Waals surface area contributed by atoms with Gasteiger partial charge in [0, 0.05) is 6.42 Å². The number of aliphatic hydroxyl groups is 3. The third kappa shape index (κ3) is 2.57. The van der Waals surface area contributed by atoms with Gasteiger partial charge in [0.2, 0.25) is 0 Å². The van der Waals surface area contributed by atoms with Gasteiger partial charge in [-0.2, -0.15) is 0 Å². The lowest BCUT2D eigenvalue weighted by atomic mass is 9.46. The zero-order valence-corrected chi connectivity index (χ0v) is 11.5. The molecule has 2 atom stereocenters. The van der Waals surface area contributed by atoms with Crippen molar-refractivity contribution in [1.29, 1.82) is 0 Å². The van der Waals surface area contributed by atoms with Crippen molar-refractivity contribution in [3.05, 3.63) is 0 Å². The molecule has 4 saturated carbocycles. The normalized spacial score (nSPS) is 45.6. The van der Waals surface area contributed by atoms with Crippen LogP contribution in [-0.2, 0) is 14.3 Å². The molecule has 0 heterocycles. The van der Waals surface area contributed by atoms with Gasteiger partial charge < -0.3 is 24.8 Å². The number of hydrogen-bond donors (Lipinski definition) is 3. The third-order valence-corrected chi connectivity index (χ3v) is 4.97. The summed E-state index contributed by atoms with van der Waals surface area (Å²) in [7, 11) is 0. The predicted molar refractivity (Wildman–Crippen MR) is 67.5 cm³/mol. The molecule has 3 N–H and O–H groups in total. The maximum absolute atomic E-state index is 10.8. The second kappa shape index (κ2) is 4.66. The van der Waals surface area contributed by atoms with Gasteiger partial charge in [0.05, 0.1) is 17.8 Å². The van der Waals surface area contributed by atoms with E-state index in [0.29, 0.717) is 31.8 Å². The molecule has 4 aliphatic carbocycles. The summed E-state index contributed by atoms with van der Waals surface area (Å²) in [6.45, 7) is -0.481. The summed E-state index contributed by atoms with van der Waals surface area (Å²) in [4.78, 5) is 10.8. The fourth-order valence-corrected chi connectivity index (χ4v) is 5.10. The van der Waals surface area contributed by atoms with Crippen molar-refractivity contribution in [3.8, 4) is 0 Å². The second-order valence-electron chi connectivity index (χ2n) is 7.10. The Hall–Kier alpha value is -0.690. The van der Waals surface area contributed by atoms with Crippen LogP contribution in [0.4, 0.5) is 0 Å². The first kappa shape index (κ1) is 14.3. The molecule has 4 bridgehead atoms. The number of rotatable bonds is 5. The van der Waals surface area contributed by atoms with Crippen molar-refractivity contribution in [2.45, 2.75) is 49.7 Å².